The molecular formula is C44H78NO10P. The number of ether oxygens (including phenoxy) is 2. The van der Waals surface area contributed by atoms with Crippen LogP contribution in [0.25, 0.3) is 0 Å². The molecule has 0 bridgehead atoms. The van der Waals surface area contributed by atoms with Crippen LogP contribution in [-0.2, 0) is 37.5 Å². The highest BCUT2D eigenvalue weighted by atomic mass is 31.2. The fourth-order valence-electron chi connectivity index (χ4n) is 5.59. The molecule has 11 nitrogen and oxygen atoms in total. The zero-order valence-corrected chi connectivity index (χ0v) is 35.9. The van der Waals surface area contributed by atoms with Crippen molar-refractivity contribution in [2.45, 2.75) is 193 Å². The van der Waals surface area contributed by atoms with Crippen LogP contribution in [0.4, 0.5) is 0 Å². The van der Waals surface area contributed by atoms with Crippen LogP contribution in [0.15, 0.2) is 48.6 Å². The Kier molecular flexibility index (Phi) is 37.5. The van der Waals surface area contributed by atoms with Crippen molar-refractivity contribution in [2.75, 3.05) is 19.8 Å². The van der Waals surface area contributed by atoms with Gasteiger partial charge in [-0.05, 0) is 77.0 Å². The molecule has 0 aromatic heterocycles. The van der Waals surface area contributed by atoms with Gasteiger partial charge in [0, 0.05) is 12.8 Å². The molecular weight excluding hydrogens is 733 g/mol. The molecule has 0 aliphatic rings. The highest BCUT2D eigenvalue weighted by Crippen LogP contribution is 2.43. The molecule has 56 heavy (non-hydrogen) atoms. The second-order valence-electron chi connectivity index (χ2n) is 14.5. The van der Waals surface area contributed by atoms with E-state index in [1.54, 1.807) is 0 Å². The summed E-state index contributed by atoms with van der Waals surface area (Å²) in [5.41, 5.74) is 5.33. The Balaban J connectivity index is 4.45. The highest BCUT2D eigenvalue weighted by molar-refractivity contribution is 7.47. The standard InChI is InChI=1S/C44H78NO10P/c1-3-5-7-9-11-13-15-17-19-20-22-24-26-28-30-32-34-36-43(47)55-40(38-53-56(50,51)54-39-41(45)44(48)49)37-52-42(46)35-33-31-29-27-25-23-21-18-16-14-12-10-8-6-4-2/h11,13,17,19,22,24-25,27,40-41H,3-10,12,14-16,18,20-21,23,26,28-39,45H2,1-2H3,(H,48,49)(H,50,51)/b13-11+,19-17+,24-22+,27-25+/t40-,41+/m1/s1. The van der Waals surface area contributed by atoms with Crippen molar-refractivity contribution in [3.8, 4) is 0 Å². The summed E-state index contributed by atoms with van der Waals surface area (Å²) in [5, 5.41) is 8.88. The van der Waals surface area contributed by atoms with Crippen LogP contribution in [0.2, 0.25) is 0 Å². The summed E-state index contributed by atoms with van der Waals surface area (Å²) in [6.45, 7) is 2.73. The molecule has 0 spiro atoms. The van der Waals surface area contributed by atoms with Crippen molar-refractivity contribution in [1.82, 2.24) is 0 Å². The number of carboxylic acids is 1. The summed E-state index contributed by atoms with van der Waals surface area (Å²) in [6, 6.07) is -1.53. The van der Waals surface area contributed by atoms with Gasteiger partial charge < -0.3 is 25.2 Å². The number of hydrogen-bond acceptors (Lipinski definition) is 9. The zero-order chi connectivity index (χ0) is 41.4. The fraction of sp³-hybridized carbons (Fsp3) is 0.750. The Morgan fingerprint density at radius 1 is 0.554 bits per heavy atom. The van der Waals surface area contributed by atoms with Crippen molar-refractivity contribution >= 4 is 25.7 Å². The maximum Gasteiger partial charge on any atom is 0.472 e. The van der Waals surface area contributed by atoms with Crippen molar-refractivity contribution in [2.24, 2.45) is 5.73 Å². The lowest BCUT2D eigenvalue weighted by atomic mass is 10.1. The van der Waals surface area contributed by atoms with Gasteiger partial charge in [0.2, 0.25) is 0 Å². The van der Waals surface area contributed by atoms with Gasteiger partial charge in [-0.2, -0.15) is 0 Å². The van der Waals surface area contributed by atoms with E-state index < -0.39 is 51.1 Å². The molecule has 0 heterocycles. The minimum absolute atomic E-state index is 0.130. The van der Waals surface area contributed by atoms with Crippen LogP contribution in [0.5, 0.6) is 0 Å². The molecule has 4 N–H and O–H groups in total. The maximum absolute atomic E-state index is 12.6. The van der Waals surface area contributed by atoms with Gasteiger partial charge in [-0.15, -0.1) is 0 Å². The van der Waals surface area contributed by atoms with Crippen molar-refractivity contribution < 1.29 is 47.5 Å². The third-order valence-corrected chi connectivity index (χ3v) is 10.0. The lowest BCUT2D eigenvalue weighted by molar-refractivity contribution is -0.161. The normalized spacial score (nSPS) is 14.2. The summed E-state index contributed by atoms with van der Waals surface area (Å²) in [6.07, 6.45) is 43.2. The molecule has 0 aromatic rings. The molecule has 0 saturated heterocycles. The van der Waals surface area contributed by atoms with Gasteiger partial charge in [-0.25, -0.2) is 4.57 Å². The van der Waals surface area contributed by atoms with E-state index in [9.17, 15) is 23.8 Å². The fourth-order valence-corrected chi connectivity index (χ4v) is 6.37. The molecule has 0 saturated carbocycles. The van der Waals surface area contributed by atoms with Crippen molar-refractivity contribution in [1.29, 1.82) is 0 Å². The van der Waals surface area contributed by atoms with Crippen LogP contribution < -0.4 is 5.73 Å². The first-order chi connectivity index (χ1) is 27.1. The van der Waals surface area contributed by atoms with Gasteiger partial charge in [0.15, 0.2) is 6.10 Å². The monoisotopic (exact) mass is 812 g/mol. The lowest BCUT2D eigenvalue weighted by Gasteiger charge is -2.20. The smallest absolute Gasteiger partial charge is 0.472 e. The lowest BCUT2D eigenvalue weighted by Crippen LogP contribution is -2.34. The number of phosphoric ester groups is 1. The van der Waals surface area contributed by atoms with E-state index in [4.69, 9.17) is 24.8 Å². The van der Waals surface area contributed by atoms with Gasteiger partial charge in [0.1, 0.15) is 12.6 Å². The number of rotatable bonds is 40. The molecule has 1 unspecified atom stereocenters. The number of phosphoric acid groups is 1. The number of esters is 2. The molecule has 0 aliphatic heterocycles. The minimum Gasteiger partial charge on any atom is -0.480 e. The second kappa shape index (κ2) is 39.3. The van der Waals surface area contributed by atoms with Crippen LogP contribution >= 0.6 is 7.82 Å². The SMILES string of the molecule is CCCCC/C=C/C/C=C/C/C=C/CCCCCCC(=O)O[C@H](COC(=O)CCCC/C=C/CCCCCCCCCCC)COP(=O)(O)OC[C@H](N)C(=O)O. The number of carbonyl (C=O) groups is 3. The molecule has 0 amide bonds. The molecule has 3 atom stereocenters. The zero-order valence-electron chi connectivity index (χ0n) is 35.0. The summed E-state index contributed by atoms with van der Waals surface area (Å²) in [7, 11) is -4.73. The largest absolute Gasteiger partial charge is 0.480 e. The summed E-state index contributed by atoms with van der Waals surface area (Å²) < 4.78 is 32.6. The third-order valence-electron chi connectivity index (χ3n) is 9.05. The molecule has 12 heteroatoms. The first kappa shape index (κ1) is 53.4. The van der Waals surface area contributed by atoms with Crippen LogP contribution in [0.1, 0.15) is 181 Å². The number of nitrogens with two attached hydrogens (primary N) is 1. The minimum atomic E-state index is -4.73. The van der Waals surface area contributed by atoms with Crippen LogP contribution in [-0.4, -0.2) is 59.9 Å². The average Bonchev–Trinajstić information content (AvgIpc) is 3.17. The topological polar surface area (TPSA) is 172 Å². The van der Waals surface area contributed by atoms with E-state index in [-0.39, 0.29) is 19.4 Å². The van der Waals surface area contributed by atoms with E-state index in [1.165, 1.54) is 77.0 Å². The van der Waals surface area contributed by atoms with E-state index in [0.717, 1.165) is 64.2 Å². The number of allylic oxidation sites excluding steroid dienone is 8. The average molecular weight is 812 g/mol. The van der Waals surface area contributed by atoms with E-state index >= 15 is 0 Å². The molecule has 0 rings (SSSR count). The van der Waals surface area contributed by atoms with Crippen molar-refractivity contribution in [3.05, 3.63) is 48.6 Å². The first-order valence-electron chi connectivity index (χ1n) is 21.7. The third kappa shape index (κ3) is 38.3. The van der Waals surface area contributed by atoms with Gasteiger partial charge in [-0.1, -0.05) is 140 Å². The Morgan fingerprint density at radius 2 is 0.946 bits per heavy atom. The predicted octanol–water partition coefficient (Wildman–Crippen LogP) is 11.4. The molecule has 0 aliphatic carbocycles. The summed E-state index contributed by atoms with van der Waals surface area (Å²) in [4.78, 5) is 45.9. The Hall–Kier alpha value is -2.56. The van der Waals surface area contributed by atoms with E-state index in [2.05, 4.69) is 67.0 Å². The molecule has 0 fully saturated rings. The highest BCUT2D eigenvalue weighted by Gasteiger charge is 2.28. The van der Waals surface area contributed by atoms with Gasteiger partial charge >= 0.3 is 25.7 Å². The van der Waals surface area contributed by atoms with Crippen LogP contribution in [0, 0.1) is 0 Å². The van der Waals surface area contributed by atoms with Gasteiger partial charge in [0.05, 0.1) is 13.2 Å². The number of unbranched alkanes of at least 4 members (excludes halogenated alkanes) is 18. The van der Waals surface area contributed by atoms with Crippen molar-refractivity contribution in [3.63, 3.8) is 0 Å². The molecule has 0 radical (unpaired) electrons. The second-order valence-corrected chi connectivity index (χ2v) is 15.9. The summed E-state index contributed by atoms with van der Waals surface area (Å²) >= 11 is 0. The number of hydrogen-bond donors (Lipinski definition) is 3. The van der Waals surface area contributed by atoms with Gasteiger partial charge in [0.25, 0.3) is 0 Å². The Labute approximate surface area is 339 Å². The van der Waals surface area contributed by atoms with Crippen LogP contribution in [0.3, 0.4) is 0 Å². The number of aliphatic carboxylic acids is 1. The Bertz CT molecular complexity index is 1140. The maximum atomic E-state index is 12.6. The Morgan fingerprint density at radius 3 is 1.50 bits per heavy atom. The molecule has 324 valence electrons. The van der Waals surface area contributed by atoms with E-state index in [1.807, 2.05) is 0 Å². The van der Waals surface area contributed by atoms with E-state index in [0.29, 0.717) is 12.8 Å². The predicted molar refractivity (Wildman–Crippen MR) is 226 cm³/mol. The number of carboxylic acid groups (broad SMARTS) is 1. The van der Waals surface area contributed by atoms with Gasteiger partial charge in [-0.3, -0.25) is 23.4 Å². The molecule has 0 aromatic carbocycles. The number of carbonyl (C=O) groups excluding carboxylic acids is 2. The first-order valence-corrected chi connectivity index (χ1v) is 23.2. The quantitative estimate of drug-likeness (QED) is 0.0233. The summed E-state index contributed by atoms with van der Waals surface area (Å²) in [5.74, 6) is -2.44.